The third-order valence-electron chi connectivity index (χ3n) is 3.71. The van der Waals surface area contributed by atoms with Crippen LogP contribution in [0.2, 0.25) is 0 Å². The highest BCUT2D eigenvalue weighted by Gasteiger charge is 2.15. The molecule has 5 heteroatoms. The number of aromatic nitrogens is 3. The Bertz CT molecular complexity index is 625. The fraction of sp³-hybridized carbons (Fsp3) is 0.571. The summed E-state index contributed by atoms with van der Waals surface area (Å²) in [6.07, 6.45) is 5.04. The number of nitrogens with zero attached hydrogens (tertiary/aromatic N) is 2. The Hall–Kier alpha value is -1.20. The van der Waals surface area contributed by atoms with Crippen molar-refractivity contribution in [2.24, 2.45) is 0 Å². The fourth-order valence-electron chi connectivity index (χ4n) is 2.64. The molecule has 0 amide bonds. The summed E-state index contributed by atoms with van der Waals surface area (Å²) in [5, 5.41) is 0. The Kier molecular flexibility index (Phi) is 3.66. The van der Waals surface area contributed by atoms with Crippen LogP contribution in [0.4, 0.5) is 0 Å². The van der Waals surface area contributed by atoms with Crippen molar-refractivity contribution in [2.75, 3.05) is 6.61 Å². The van der Waals surface area contributed by atoms with Gasteiger partial charge in [-0.2, -0.15) is 0 Å². The fourth-order valence-corrected chi connectivity index (χ4v) is 2.93. The van der Waals surface area contributed by atoms with Gasteiger partial charge < -0.3 is 14.3 Å². The molecule has 3 rings (SSSR count). The zero-order chi connectivity index (χ0) is 13.2. The van der Waals surface area contributed by atoms with Crippen LogP contribution >= 0.6 is 12.2 Å². The van der Waals surface area contributed by atoms with Crippen LogP contribution in [0.1, 0.15) is 31.4 Å². The molecular formula is C14H19N3OS. The molecule has 1 unspecified atom stereocenters. The standard InChI is InChI=1S/C14H19N3OS/c1-10-5-6-12-13(15-10)17(14(19)16-12)8-7-11-4-2-3-9-18-11/h5-6,11H,2-4,7-9H2,1H3,(H,16,19). The van der Waals surface area contributed by atoms with E-state index in [2.05, 4.69) is 14.5 Å². The third-order valence-corrected chi connectivity index (χ3v) is 4.03. The number of imidazole rings is 1. The lowest BCUT2D eigenvalue weighted by Gasteiger charge is -2.22. The molecule has 3 heterocycles. The number of fused-ring (bicyclic) bond motifs is 1. The van der Waals surface area contributed by atoms with E-state index in [0.29, 0.717) is 6.10 Å². The molecule has 0 saturated carbocycles. The van der Waals surface area contributed by atoms with E-state index in [0.717, 1.165) is 41.2 Å². The predicted molar refractivity (Wildman–Crippen MR) is 77.9 cm³/mol. The van der Waals surface area contributed by atoms with Gasteiger partial charge in [0, 0.05) is 18.8 Å². The molecule has 102 valence electrons. The number of ether oxygens (including phenoxy) is 1. The van der Waals surface area contributed by atoms with Crippen molar-refractivity contribution in [1.82, 2.24) is 14.5 Å². The smallest absolute Gasteiger partial charge is 0.179 e. The summed E-state index contributed by atoms with van der Waals surface area (Å²) in [5.74, 6) is 0. The Labute approximate surface area is 117 Å². The second kappa shape index (κ2) is 5.43. The van der Waals surface area contributed by atoms with Gasteiger partial charge in [0.25, 0.3) is 0 Å². The Morgan fingerprint density at radius 2 is 2.37 bits per heavy atom. The minimum Gasteiger partial charge on any atom is -0.378 e. The number of aryl methyl sites for hydroxylation is 2. The first-order valence-corrected chi connectivity index (χ1v) is 7.32. The van der Waals surface area contributed by atoms with Crippen molar-refractivity contribution < 1.29 is 4.74 Å². The number of hydrogen-bond donors (Lipinski definition) is 1. The summed E-state index contributed by atoms with van der Waals surface area (Å²) in [4.78, 5) is 7.80. The lowest BCUT2D eigenvalue weighted by molar-refractivity contribution is 0.00890. The number of pyridine rings is 1. The molecule has 0 radical (unpaired) electrons. The minimum atomic E-state index is 0.380. The second-order valence-corrected chi connectivity index (χ2v) is 5.57. The average Bonchev–Trinajstić information content (AvgIpc) is 2.73. The third kappa shape index (κ3) is 2.72. The molecule has 2 aromatic heterocycles. The molecule has 19 heavy (non-hydrogen) atoms. The first-order valence-electron chi connectivity index (χ1n) is 6.92. The molecule has 0 spiro atoms. The largest absolute Gasteiger partial charge is 0.378 e. The van der Waals surface area contributed by atoms with Gasteiger partial charge in [0.1, 0.15) is 0 Å². The van der Waals surface area contributed by atoms with Crippen molar-refractivity contribution in [1.29, 1.82) is 0 Å². The van der Waals surface area contributed by atoms with Crippen molar-refractivity contribution in [3.8, 4) is 0 Å². The van der Waals surface area contributed by atoms with Crippen LogP contribution in [0, 0.1) is 11.7 Å². The number of rotatable bonds is 3. The van der Waals surface area contributed by atoms with E-state index in [1.165, 1.54) is 19.3 Å². The van der Waals surface area contributed by atoms with Gasteiger partial charge in [-0.1, -0.05) is 0 Å². The van der Waals surface area contributed by atoms with E-state index in [-0.39, 0.29) is 0 Å². The van der Waals surface area contributed by atoms with E-state index in [4.69, 9.17) is 17.0 Å². The molecule has 0 aromatic carbocycles. The molecule has 4 nitrogen and oxygen atoms in total. The van der Waals surface area contributed by atoms with Gasteiger partial charge in [-0.25, -0.2) is 4.98 Å². The summed E-state index contributed by atoms with van der Waals surface area (Å²) in [6, 6.07) is 4.04. The number of aromatic amines is 1. The summed E-state index contributed by atoms with van der Waals surface area (Å²) >= 11 is 5.39. The maximum absolute atomic E-state index is 5.77. The van der Waals surface area contributed by atoms with Crippen LogP contribution in [-0.4, -0.2) is 27.2 Å². The molecule has 0 aliphatic carbocycles. The van der Waals surface area contributed by atoms with Crippen molar-refractivity contribution in [3.05, 3.63) is 22.6 Å². The minimum absolute atomic E-state index is 0.380. The quantitative estimate of drug-likeness (QED) is 0.875. The zero-order valence-electron chi connectivity index (χ0n) is 11.2. The van der Waals surface area contributed by atoms with E-state index in [1.807, 2.05) is 19.1 Å². The van der Waals surface area contributed by atoms with Crippen molar-refractivity contribution in [3.63, 3.8) is 0 Å². The summed E-state index contributed by atoms with van der Waals surface area (Å²) in [5.41, 5.74) is 2.99. The first kappa shape index (κ1) is 12.8. The van der Waals surface area contributed by atoms with Gasteiger partial charge >= 0.3 is 0 Å². The van der Waals surface area contributed by atoms with Gasteiger partial charge in [0.05, 0.1) is 11.6 Å². The van der Waals surface area contributed by atoms with Crippen LogP contribution in [0.15, 0.2) is 12.1 Å². The Morgan fingerprint density at radius 3 is 3.16 bits per heavy atom. The molecular weight excluding hydrogens is 258 g/mol. The SMILES string of the molecule is Cc1ccc2[nH]c(=S)n(CCC3CCCCO3)c2n1. The monoisotopic (exact) mass is 277 g/mol. The van der Waals surface area contributed by atoms with Crippen LogP contribution in [0.5, 0.6) is 0 Å². The molecule has 1 aliphatic heterocycles. The number of H-pyrrole nitrogens is 1. The van der Waals surface area contributed by atoms with Gasteiger partial charge in [0.15, 0.2) is 10.4 Å². The van der Waals surface area contributed by atoms with E-state index < -0.39 is 0 Å². The van der Waals surface area contributed by atoms with Gasteiger partial charge in [-0.3, -0.25) is 0 Å². The average molecular weight is 277 g/mol. The summed E-state index contributed by atoms with van der Waals surface area (Å²) in [6.45, 7) is 3.78. The van der Waals surface area contributed by atoms with E-state index in [1.54, 1.807) is 0 Å². The van der Waals surface area contributed by atoms with E-state index >= 15 is 0 Å². The Morgan fingerprint density at radius 1 is 1.47 bits per heavy atom. The summed E-state index contributed by atoms with van der Waals surface area (Å²) < 4.78 is 8.62. The normalized spacial score (nSPS) is 19.9. The maximum atomic E-state index is 5.77. The topological polar surface area (TPSA) is 42.8 Å². The lowest BCUT2D eigenvalue weighted by Crippen LogP contribution is -2.20. The van der Waals surface area contributed by atoms with Crippen LogP contribution in [0.25, 0.3) is 11.2 Å². The zero-order valence-corrected chi connectivity index (χ0v) is 12.0. The second-order valence-electron chi connectivity index (χ2n) is 5.18. The van der Waals surface area contributed by atoms with Gasteiger partial charge in [-0.05, 0) is 57.0 Å². The van der Waals surface area contributed by atoms with Gasteiger partial charge in [-0.15, -0.1) is 0 Å². The number of nitrogens with one attached hydrogen (secondary N) is 1. The highest BCUT2D eigenvalue weighted by atomic mass is 32.1. The van der Waals surface area contributed by atoms with Crippen molar-refractivity contribution in [2.45, 2.75) is 45.3 Å². The molecule has 1 atom stereocenters. The molecule has 1 aliphatic rings. The highest BCUT2D eigenvalue weighted by Crippen LogP contribution is 2.18. The molecule has 2 aromatic rings. The maximum Gasteiger partial charge on any atom is 0.179 e. The molecule has 0 bridgehead atoms. The highest BCUT2D eigenvalue weighted by molar-refractivity contribution is 7.71. The predicted octanol–water partition coefficient (Wildman–Crippen LogP) is 3.36. The van der Waals surface area contributed by atoms with Crippen LogP contribution in [-0.2, 0) is 11.3 Å². The Balaban J connectivity index is 1.81. The molecule has 1 N–H and O–H groups in total. The van der Waals surface area contributed by atoms with Crippen LogP contribution in [0.3, 0.4) is 0 Å². The van der Waals surface area contributed by atoms with Crippen LogP contribution < -0.4 is 0 Å². The lowest BCUT2D eigenvalue weighted by atomic mass is 10.1. The van der Waals surface area contributed by atoms with Gasteiger partial charge in [0.2, 0.25) is 0 Å². The van der Waals surface area contributed by atoms with Crippen molar-refractivity contribution >= 4 is 23.4 Å². The number of hydrogen-bond acceptors (Lipinski definition) is 3. The van der Waals surface area contributed by atoms with E-state index in [9.17, 15) is 0 Å². The summed E-state index contributed by atoms with van der Waals surface area (Å²) in [7, 11) is 0. The molecule has 1 fully saturated rings. The first-order chi connectivity index (χ1) is 9.24. The molecule has 1 saturated heterocycles.